The second kappa shape index (κ2) is 6.28. The summed E-state index contributed by atoms with van der Waals surface area (Å²) < 4.78 is 0. The van der Waals surface area contributed by atoms with Gasteiger partial charge in [-0.15, -0.1) is 0 Å². The van der Waals surface area contributed by atoms with Crippen LogP contribution in [-0.4, -0.2) is 41.5 Å². The highest BCUT2D eigenvalue weighted by Gasteiger charge is 2.16. The van der Waals surface area contributed by atoms with E-state index in [0.29, 0.717) is 5.15 Å². The van der Waals surface area contributed by atoms with Gasteiger partial charge < -0.3 is 10.2 Å². The Morgan fingerprint density at radius 1 is 1.47 bits per heavy atom. The van der Waals surface area contributed by atoms with Crippen molar-refractivity contribution in [3.05, 3.63) is 23.2 Å². The molecule has 0 amide bonds. The van der Waals surface area contributed by atoms with Gasteiger partial charge in [-0.2, -0.15) is 0 Å². The summed E-state index contributed by atoms with van der Waals surface area (Å²) in [5, 5.41) is 3.95. The molecule has 0 aliphatic carbocycles. The summed E-state index contributed by atoms with van der Waals surface area (Å²) in [7, 11) is 2.11. The van der Waals surface area contributed by atoms with Crippen molar-refractivity contribution < 1.29 is 0 Å². The minimum Gasteiger partial charge on any atom is -0.316 e. The van der Waals surface area contributed by atoms with Crippen LogP contribution in [0.25, 0.3) is 0 Å². The maximum atomic E-state index is 6.00. The van der Waals surface area contributed by atoms with Gasteiger partial charge in [-0.05, 0) is 38.9 Å². The first-order valence-corrected chi connectivity index (χ1v) is 6.48. The van der Waals surface area contributed by atoms with Crippen molar-refractivity contribution in [2.75, 3.05) is 26.7 Å². The molecule has 1 aromatic rings. The Bertz CT molecular complexity index is 352. The molecule has 2 heterocycles. The zero-order chi connectivity index (χ0) is 12.1. The smallest absolute Gasteiger partial charge is 0.151 e. The molecule has 1 aliphatic heterocycles. The summed E-state index contributed by atoms with van der Waals surface area (Å²) in [4.78, 5) is 10.6. The third kappa shape index (κ3) is 3.91. The first-order valence-electron chi connectivity index (χ1n) is 6.10. The number of hydrogen-bond donors (Lipinski definition) is 1. The van der Waals surface area contributed by atoms with E-state index in [1.807, 2.05) is 0 Å². The lowest BCUT2D eigenvalue weighted by molar-refractivity contribution is 0.235. The predicted molar refractivity (Wildman–Crippen MR) is 69.0 cm³/mol. The topological polar surface area (TPSA) is 41.1 Å². The average molecular weight is 255 g/mol. The zero-order valence-corrected chi connectivity index (χ0v) is 11.0. The van der Waals surface area contributed by atoms with Crippen LogP contribution in [0.1, 0.15) is 18.5 Å². The molecule has 1 atom stereocenters. The normalized spacial score (nSPS) is 20.8. The third-order valence-corrected chi connectivity index (χ3v) is 3.43. The minimum atomic E-state index is 0.515. The fourth-order valence-corrected chi connectivity index (χ4v) is 2.46. The van der Waals surface area contributed by atoms with Crippen molar-refractivity contribution in [3.8, 4) is 0 Å². The summed E-state index contributed by atoms with van der Waals surface area (Å²) in [5.74, 6) is 0.740. The minimum absolute atomic E-state index is 0.515. The van der Waals surface area contributed by atoms with E-state index >= 15 is 0 Å². The van der Waals surface area contributed by atoms with Crippen molar-refractivity contribution in [2.24, 2.45) is 5.92 Å². The van der Waals surface area contributed by atoms with Gasteiger partial charge >= 0.3 is 0 Å². The molecule has 1 aromatic heterocycles. The highest BCUT2D eigenvalue weighted by atomic mass is 35.5. The maximum absolute atomic E-state index is 6.00. The quantitative estimate of drug-likeness (QED) is 0.886. The van der Waals surface area contributed by atoms with Gasteiger partial charge in [0.1, 0.15) is 0 Å². The first-order chi connectivity index (χ1) is 8.25. The van der Waals surface area contributed by atoms with Crippen LogP contribution in [0.4, 0.5) is 0 Å². The van der Waals surface area contributed by atoms with Gasteiger partial charge in [0.05, 0.1) is 5.69 Å². The molecule has 94 valence electrons. The van der Waals surface area contributed by atoms with Crippen LogP contribution in [0.15, 0.2) is 12.4 Å². The Morgan fingerprint density at radius 3 is 3.00 bits per heavy atom. The maximum Gasteiger partial charge on any atom is 0.151 e. The summed E-state index contributed by atoms with van der Waals surface area (Å²) in [6.07, 6.45) is 5.91. The predicted octanol–water partition coefficient (Wildman–Crippen LogP) is 1.56. The molecule has 17 heavy (non-hydrogen) atoms. The number of nitrogens with one attached hydrogen (secondary N) is 1. The van der Waals surface area contributed by atoms with Crippen LogP contribution in [0.5, 0.6) is 0 Å². The number of hydrogen-bond acceptors (Lipinski definition) is 4. The second-order valence-electron chi connectivity index (χ2n) is 4.70. The van der Waals surface area contributed by atoms with Crippen LogP contribution >= 0.6 is 11.6 Å². The highest BCUT2D eigenvalue weighted by Crippen LogP contribution is 2.14. The number of aromatic nitrogens is 2. The SMILES string of the molecule is CN(Cc1nccnc1Cl)C[C@H]1CCCNC1. The van der Waals surface area contributed by atoms with Crippen molar-refractivity contribution in [1.29, 1.82) is 0 Å². The van der Waals surface area contributed by atoms with Gasteiger partial charge in [0, 0.05) is 25.5 Å². The molecule has 0 spiro atoms. The molecule has 1 saturated heterocycles. The molecular formula is C12H19ClN4. The zero-order valence-electron chi connectivity index (χ0n) is 10.2. The van der Waals surface area contributed by atoms with Gasteiger partial charge in [-0.3, -0.25) is 4.98 Å². The standard InChI is InChI=1S/C12H19ClN4/c1-17(8-10-3-2-4-14-7-10)9-11-12(13)16-6-5-15-11/h5-6,10,14H,2-4,7-9H2,1H3/t10-/m0/s1. The lowest BCUT2D eigenvalue weighted by Crippen LogP contribution is -2.36. The van der Waals surface area contributed by atoms with E-state index in [2.05, 4.69) is 27.2 Å². The molecule has 2 rings (SSSR count). The number of rotatable bonds is 4. The van der Waals surface area contributed by atoms with Gasteiger partial charge in [0.2, 0.25) is 0 Å². The van der Waals surface area contributed by atoms with Crippen molar-refractivity contribution >= 4 is 11.6 Å². The van der Waals surface area contributed by atoms with Crippen LogP contribution < -0.4 is 5.32 Å². The van der Waals surface area contributed by atoms with E-state index < -0.39 is 0 Å². The summed E-state index contributed by atoms with van der Waals surface area (Å²) in [6, 6.07) is 0. The first kappa shape index (κ1) is 12.7. The van der Waals surface area contributed by atoms with Crippen LogP contribution in [0.2, 0.25) is 5.15 Å². The Kier molecular flexibility index (Phi) is 4.71. The van der Waals surface area contributed by atoms with Gasteiger partial charge in [0.15, 0.2) is 5.15 Å². The van der Waals surface area contributed by atoms with Crippen molar-refractivity contribution in [1.82, 2.24) is 20.2 Å². The van der Waals surface area contributed by atoms with Crippen LogP contribution in [0, 0.1) is 5.92 Å². The Balaban J connectivity index is 1.84. The lowest BCUT2D eigenvalue weighted by atomic mass is 9.99. The van der Waals surface area contributed by atoms with Crippen LogP contribution in [0.3, 0.4) is 0 Å². The largest absolute Gasteiger partial charge is 0.316 e. The molecule has 1 N–H and O–H groups in total. The molecule has 1 fully saturated rings. The summed E-state index contributed by atoms with van der Waals surface area (Å²) >= 11 is 6.00. The monoisotopic (exact) mass is 254 g/mol. The molecule has 4 nitrogen and oxygen atoms in total. The van der Waals surface area contributed by atoms with E-state index in [9.17, 15) is 0 Å². The molecule has 1 aliphatic rings. The van der Waals surface area contributed by atoms with E-state index in [1.165, 1.54) is 12.8 Å². The number of halogens is 1. The molecule has 0 aromatic carbocycles. The summed E-state index contributed by atoms with van der Waals surface area (Å²) in [5.41, 5.74) is 0.862. The van der Waals surface area contributed by atoms with Crippen molar-refractivity contribution in [3.63, 3.8) is 0 Å². The fraction of sp³-hybridized carbons (Fsp3) is 0.667. The number of piperidine rings is 1. The molecule has 0 bridgehead atoms. The van der Waals surface area contributed by atoms with E-state index in [1.54, 1.807) is 12.4 Å². The fourth-order valence-electron chi connectivity index (χ4n) is 2.30. The Labute approximate surface area is 107 Å². The highest BCUT2D eigenvalue weighted by molar-refractivity contribution is 6.29. The molecule has 0 saturated carbocycles. The number of nitrogens with zero attached hydrogens (tertiary/aromatic N) is 3. The van der Waals surface area contributed by atoms with E-state index in [4.69, 9.17) is 11.6 Å². The Morgan fingerprint density at radius 2 is 2.29 bits per heavy atom. The third-order valence-electron chi connectivity index (χ3n) is 3.11. The van der Waals surface area contributed by atoms with Crippen molar-refractivity contribution in [2.45, 2.75) is 19.4 Å². The van der Waals surface area contributed by atoms with Gasteiger partial charge in [-0.1, -0.05) is 11.6 Å². The molecular weight excluding hydrogens is 236 g/mol. The van der Waals surface area contributed by atoms with Crippen LogP contribution in [-0.2, 0) is 6.54 Å². The molecule has 5 heteroatoms. The molecule has 0 radical (unpaired) electrons. The lowest BCUT2D eigenvalue weighted by Gasteiger charge is -2.27. The Hall–Kier alpha value is -0.710. The van der Waals surface area contributed by atoms with Gasteiger partial charge in [0.25, 0.3) is 0 Å². The average Bonchev–Trinajstić information content (AvgIpc) is 2.33. The second-order valence-corrected chi connectivity index (χ2v) is 5.06. The van der Waals surface area contributed by atoms with E-state index in [0.717, 1.165) is 37.8 Å². The van der Waals surface area contributed by atoms with Gasteiger partial charge in [-0.25, -0.2) is 4.98 Å². The molecule has 0 unspecified atom stereocenters. The summed E-state index contributed by atoms with van der Waals surface area (Å²) in [6.45, 7) is 4.14. The van der Waals surface area contributed by atoms with E-state index in [-0.39, 0.29) is 0 Å².